The van der Waals surface area contributed by atoms with E-state index >= 15 is 0 Å². The van der Waals surface area contributed by atoms with E-state index in [1.807, 2.05) is 0 Å². The maximum absolute atomic E-state index is 3.51. The number of hydrogen-bond acceptors (Lipinski definition) is 1. The smallest absolute Gasteiger partial charge is 0.00413 e. The van der Waals surface area contributed by atoms with E-state index in [2.05, 4.69) is 42.6 Å². The topological polar surface area (TPSA) is 12.0 Å². The van der Waals surface area contributed by atoms with Crippen LogP contribution in [0.5, 0.6) is 0 Å². The van der Waals surface area contributed by atoms with Crippen LogP contribution in [0.15, 0.2) is 30.3 Å². The van der Waals surface area contributed by atoms with Crippen molar-refractivity contribution in [3.8, 4) is 0 Å². The Bertz CT molecular complexity index is 281. The third-order valence-corrected chi connectivity index (χ3v) is 3.42. The molecule has 1 heterocycles. The molecule has 1 aliphatic heterocycles. The summed E-state index contributed by atoms with van der Waals surface area (Å²) < 4.78 is 0. The highest BCUT2D eigenvalue weighted by atomic mass is 14.9. The standard InChI is InChI=1S/C14H21N/c1-12-11-14(9-10-15-12)8-7-13-5-3-2-4-6-13/h2-6,12,14-15H,7-11H2,1H3. The molecule has 0 spiro atoms. The van der Waals surface area contributed by atoms with Gasteiger partial charge in [0.15, 0.2) is 0 Å². The van der Waals surface area contributed by atoms with Gasteiger partial charge in [-0.3, -0.25) is 0 Å². The van der Waals surface area contributed by atoms with E-state index in [1.54, 1.807) is 0 Å². The van der Waals surface area contributed by atoms with Crippen molar-refractivity contribution >= 4 is 0 Å². The fraction of sp³-hybridized carbons (Fsp3) is 0.571. The van der Waals surface area contributed by atoms with Gasteiger partial charge in [-0.05, 0) is 50.6 Å². The van der Waals surface area contributed by atoms with E-state index in [1.165, 1.54) is 37.8 Å². The molecule has 2 unspecified atom stereocenters. The van der Waals surface area contributed by atoms with Crippen molar-refractivity contribution in [3.63, 3.8) is 0 Å². The normalized spacial score (nSPS) is 26.5. The van der Waals surface area contributed by atoms with E-state index in [0.717, 1.165) is 12.0 Å². The second kappa shape index (κ2) is 5.32. The van der Waals surface area contributed by atoms with Gasteiger partial charge < -0.3 is 5.32 Å². The van der Waals surface area contributed by atoms with E-state index in [4.69, 9.17) is 0 Å². The van der Waals surface area contributed by atoms with Crippen molar-refractivity contribution in [3.05, 3.63) is 35.9 Å². The minimum atomic E-state index is 0.722. The molecule has 15 heavy (non-hydrogen) atoms. The Kier molecular flexibility index (Phi) is 3.79. The third kappa shape index (κ3) is 3.35. The Morgan fingerprint density at radius 2 is 2.07 bits per heavy atom. The summed E-state index contributed by atoms with van der Waals surface area (Å²) in [5.74, 6) is 0.932. The number of hydrogen-bond donors (Lipinski definition) is 1. The van der Waals surface area contributed by atoms with E-state index in [-0.39, 0.29) is 0 Å². The molecular weight excluding hydrogens is 182 g/mol. The lowest BCUT2D eigenvalue weighted by molar-refractivity contribution is 0.301. The monoisotopic (exact) mass is 203 g/mol. The molecule has 82 valence electrons. The van der Waals surface area contributed by atoms with Gasteiger partial charge in [-0.25, -0.2) is 0 Å². The SMILES string of the molecule is CC1CC(CCc2ccccc2)CCN1. The van der Waals surface area contributed by atoms with Crippen molar-refractivity contribution in [2.24, 2.45) is 5.92 Å². The molecule has 2 rings (SSSR count). The molecule has 2 atom stereocenters. The van der Waals surface area contributed by atoms with E-state index in [0.29, 0.717) is 0 Å². The first-order valence-electron chi connectivity index (χ1n) is 6.12. The molecule has 0 saturated carbocycles. The zero-order valence-corrected chi connectivity index (χ0v) is 9.58. The van der Waals surface area contributed by atoms with Gasteiger partial charge in [0, 0.05) is 6.04 Å². The molecule has 0 aromatic heterocycles. The van der Waals surface area contributed by atoms with Gasteiger partial charge in [0.1, 0.15) is 0 Å². The predicted octanol–water partition coefficient (Wildman–Crippen LogP) is 3.01. The zero-order chi connectivity index (χ0) is 10.5. The molecule has 1 aliphatic rings. The average Bonchev–Trinajstić information content (AvgIpc) is 2.28. The van der Waals surface area contributed by atoms with Crippen molar-refractivity contribution in [1.29, 1.82) is 0 Å². The molecule has 1 N–H and O–H groups in total. The van der Waals surface area contributed by atoms with Crippen molar-refractivity contribution in [2.45, 2.75) is 38.6 Å². The number of piperidine rings is 1. The molecule has 1 aromatic carbocycles. The van der Waals surface area contributed by atoms with Crippen molar-refractivity contribution in [2.75, 3.05) is 6.54 Å². The molecule has 1 saturated heterocycles. The van der Waals surface area contributed by atoms with Crippen LogP contribution >= 0.6 is 0 Å². The Morgan fingerprint density at radius 3 is 2.80 bits per heavy atom. The highest BCUT2D eigenvalue weighted by Gasteiger charge is 2.17. The summed E-state index contributed by atoms with van der Waals surface area (Å²) in [5, 5.41) is 3.51. The van der Waals surface area contributed by atoms with E-state index in [9.17, 15) is 0 Å². The summed E-state index contributed by atoms with van der Waals surface area (Å²) in [6, 6.07) is 11.6. The maximum Gasteiger partial charge on any atom is 0.00413 e. The average molecular weight is 203 g/mol. The van der Waals surface area contributed by atoms with Crippen LogP contribution in [0.3, 0.4) is 0 Å². The largest absolute Gasteiger partial charge is 0.314 e. The minimum absolute atomic E-state index is 0.722. The minimum Gasteiger partial charge on any atom is -0.314 e. The lowest BCUT2D eigenvalue weighted by Gasteiger charge is -2.27. The van der Waals surface area contributed by atoms with Gasteiger partial charge in [0.25, 0.3) is 0 Å². The van der Waals surface area contributed by atoms with E-state index < -0.39 is 0 Å². The first kappa shape index (κ1) is 10.7. The molecule has 1 fully saturated rings. The van der Waals surface area contributed by atoms with Crippen LogP contribution in [0, 0.1) is 5.92 Å². The van der Waals surface area contributed by atoms with Gasteiger partial charge >= 0.3 is 0 Å². The molecule has 1 heteroatoms. The van der Waals surface area contributed by atoms with Gasteiger partial charge in [-0.1, -0.05) is 30.3 Å². The summed E-state index contributed by atoms with van der Waals surface area (Å²) in [6.07, 6.45) is 5.32. The fourth-order valence-corrected chi connectivity index (χ4v) is 2.51. The second-order valence-corrected chi connectivity index (χ2v) is 4.77. The van der Waals surface area contributed by atoms with Crippen LogP contribution in [0.2, 0.25) is 0 Å². The fourth-order valence-electron chi connectivity index (χ4n) is 2.51. The summed E-state index contributed by atoms with van der Waals surface area (Å²) >= 11 is 0. The van der Waals surface area contributed by atoms with Gasteiger partial charge in [0.2, 0.25) is 0 Å². The highest BCUT2D eigenvalue weighted by Crippen LogP contribution is 2.21. The van der Waals surface area contributed by atoms with Gasteiger partial charge in [-0.15, -0.1) is 0 Å². The molecule has 1 aromatic rings. The van der Waals surface area contributed by atoms with Gasteiger partial charge in [0.05, 0.1) is 0 Å². The van der Waals surface area contributed by atoms with Crippen LogP contribution in [0.25, 0.3) is 0 Å². The number of aryl methyl sites for hydroxylation is 1. The van der Waals surface area contributed by atoms with Crippen LogP contribution in [0.4, 0.5) is 0 Å². The van der Waals surface area contributed by atoms with Crippen LogP contribution in [-0.2, 0) is 6.42 Å². The molecule has 0 bridgehead atoms. The summed E-state index contributed by atoms with van der Waals surface area (Å²) in [6.45, 7) is 3.51. The maximum atomic E-state index is 3.51. The highest BCUT2D eigenvalue weighted by molar-refractivity contribution is 5.14. The van der Waals surface area contributed by atoms with Crippen molar-refractivity contribution in [1.82, 2.24) is 5.32 Å². The number of nitrogens with one attached hydrogen (secondary N) is 1. The molecule has 0 aliphatic carbocycles. The third-order valence-electron chi connectivity index (χ3n) is 3.42. The summed E-state index contributed by atoms with van der Waals surface area (Å²) in [5.41, 5.74) is 1.49. The van der Waals surface area contributed by atoms with Crippen LogP contribution in [0.1, 0.15) is 31.7 Å². The molecule has 0 radical (unpaired) electrons. The Balaban J connectivity index is 1.78. The number of benzene rings is 1. The lowest BCUT2D eigenvalue weighted by Crippen LogP contribution is -2.35. The Morgan fingerprint density at radius 1 is 1.27 bits per heavy atom. The van der Waals surface area contributed by atoms with Crippen molar-refractivity contribution < 1.29 is 0 Å². The zero-order valence-electron chi connectivity index (χ0n) is 9.58. The second-order valence-electron chi connectivity index (χ2n) is 4.77. The van der Waals surface area contributed by atoms with Crippen LogP contribution in [-0.4, -0.2) is 12.6 Å². The number of rotatable bonds is 3. The molecule has 0 amide bonds. The lowest BCUT2D eigenvalue weighted by atomic mass is 9.88. The van der Waals surface area contributed by atoms with Gasteiger partial charge in [-0.2, -0.15) is 0 Å². The van der Waals surface area contributed by atoms with Crippen LogP contribution < -0.4 is 5.32 Å². The predicted molar refractivity (Wildman–Crippen MR) is 65.0 cm³/mol. The first-order valence-corrected chi connectivity index (χ1v) is 6.12. The first-order chi connectivity index (χ1) is 7.34. The Labute approximate surface area is 92.9 Å². The summed E-state index contributed by atoms with van der Waals surface area (Å²) in [4.78, 5) is 0. The quantitative estimate of drug-likeness (QED) is 0.796. The Hall–Kier alpha value is -0.820. The summed E-state index contributed by atoms with van der Waals surface area (Å²) in [7, 11) is 0. The molecule has 1 nitrogen and oxygen atoms in total. The molecular formula is C14H21N.